The summed E-state index contributed by atoms with van der Waals surface area (Å²) in [6.07, 6.45) is 4.60. The Bertz CT molecular complexity index is 283. The van der Waals surface area contributed by atoms with Crippen molar-refractivity contribution in [3.8, 4) is 0 Å². The Morgan fingerprint density at radius 3 is 2.43 bits per heavy atom. The van der Waals surface area contributed by atoms with E-state index in [9.17, 15) is 9.59 Å². The maximum Gasteiger partial charge on any atom is 0.217 e. The Balaban J connectivity index is 1.96. The SMILES string of the molecule is CC(=O)NC1(C(C)=O)CC1CC1CC1. The number of Topliss-reactive ketones (excluding diaryl/α,β-unsaturated/α-hetero) is 1. The molecule has 0 aromatic heterocycles. The molecule has 3 nitrogen and oxygen atoms in total. The molecule has 3 heteroatoms. The maximum atomic E-state index is 11.5. The predicted octanol–water partition coefficient (Wildman–Crippen LogP) is 1.27. The molecule has 0 aliphatic heterocycles. The maximum absolute atomic E-state index is 11.5. The Hall–Kier alpha value is -0.860. The lowest BCUT2D eigenvalue weighted by molar-refractivity contribution is -0.127. The lowest BCUT2D eigenvalue weighted by Crippen LogP contribution is -2.42. The third-order valence-corrected chi connectivity index (χ3v) is 3.45. The smallest absolute Gasteiger partial charge is 0.217 e. The third-order valence-electron chi connectivity index (χ3n) is 3.45. The van der Waals surface area contributed by atoms with Crippen LogP contribution in [0.3, 0.4) is 0 Å². The van der Waals surface area contributed by atoms with Gasteiger partial charge in [-0.15, -0.1) is 0 Å². The molecule has 1 amide bonds. The molecule has 2 rings (SSSR count). The molecular formula is C11H17NO2. The summed E-state index contributed by atoms with van der Waals surface area (Å²) >= 11 is 0. The first-order valence-electron chi connectivity index (χ1n) is 5.34. The van der Waals surface area contributed by atoms with Crippen molar-refractivity contribution in [2.45, 2.75) is 45.1 Å². The van der Waals surface area contributed by atoms with Gasteiger partial charge < -0.3 is 5.32 Å². The summed E-state index contributed by atoms with van der Waals surface area (Å²) < 4.78 is 0. The van der Waals surface area contributed by atoms with Gasteiger partial charge in [0.1, 0.15) is 5.54 Å². The minimum Gasteiger partial charge on any atom is -0.344 e. The predicted molar refractivity (Wildman–Crippen MR) is 52.7 cm³/mol. The number of hydrogen-bond acceptors (Lipinski definition) is 2. The molecule has 0 saturated heterocycles. The van der Waals surface area contributed by atoms with E-state index in [1.807, 2.05) is 0 Å². The van der Waals surface area contributed by atoms with Crippen molar-refractivity contribution in [2.24, 2.45) is 11.8 Å². The van der Waals surface area contributed by atoms with Crippen LogP contribution < -0.4 is 5.32 Å². The summed E-state index contributed by atoms with van der Waals surface area (Å²) in [5, 5.41) is 2.82. The molecule has 2 saturated carbocycles. The second-order valence-corrected chi connectivity index (χ2v) is 4.79. The second kappa shape index (κ2) is 3.07. The van der Waals surface area contributed by atoms with E-state index in [2.05, 4.69) is 5.32 Å². The van der Waals surface area contributed by atoms with Gasteiger partial charge in [0, 0.05) is 6.92 Å². The average Bonchev–Trinajstić information content (AvgIpc) is 2.91. The summed E-state index contributed by atoms with van der Waals surface area (Å²) in [6, 6.07) is 0. The molecule has 0 radical (unpaired) electrons. The number of amides is 1. The first kappa shape index (κ1) is 9.69. The highest BCUT2D eigenvalue weighted by atomic mass is 16.2. The molecule has 0 aromatic carbocycles. The van der Waals surface area contributed by atoms with Crippen LogP contribution in [0.2, 0.25) is 0 Å². The molecule has 2 unspecified atom stereocenters. The van der Waals surface area contributed by atoms with Gasteiger partial charge in [-0.3, -0.25) is 9.59 Å². The van der Waals surface area contributed by atoms with Crippen molar-refractivity contribution in [2.75, 3.05) is 0 Å². The van der Waals surface area contributed by atoms with Crippen LogP contribution in [-0.2, 0) is 9.59 Å². The molecule has 0 bridgehead atoms. The van der Waals surface area contributed by atoms with Crippen LogP contribution in [0.25, 0.3) is 0 Å². The van der Waals surface area contributed by atoms with Crippen molar-refractivity contribution in [1.29, 1.82) is 0 Å². The summed E-state index contributed by atoms with van der Waals surface area (Å²) in [7, 11) is 0. The lowest BCUT2D eigenvalue weighted by atomic mass is 10.1. The van der Waals surface area contributed by atoms with Crippen molar-refractivity contribution in [3.05, 3.63) is 0 Å². The van der Waals surface area contributed by atoms with Gasteiger partial charge in [-0.05, 0) is 31.6 Å². The van der Waals surface area contributed by atoms with E-state index >= 15 is 0 Å². The second-order valence-electron chi connectivity index (χ2n) is 4.79. The fourth-order valence-electron chi connectivity index (χ4n) is 2.36. The van der Waals surface area contributed by atoms with Gasteiger partial charge in [0.15, 0.2) is 5.78 Å². The van der Waals surface area contributed by atoms with Gasteiger partial charge in [-0.1, -0.05) is 12.8 Å². The van der Waals surface area contributed by atoms with E-state index in [1.165, 1.54) is 19.8 Å². The van der Waals surface area contributed by atoms with E-state index in [1.54, 1.807) is 6.92 Å². The molecule has 14 heavy (non-hydrogen) atoms. The van der Waals surface area contributed by atoms with Crippen molar-refractivity contribution in [3.63, 3.8) is 0 Å². The van der Waals surface area contributed by atoms with E-state index in [0.717, 1.165) is 18.8 Å². The minimum atomic E-state index is -0.478. The van der Waals surface area contributed by atoms with Gasteiger partial charge >= 0.3 is 0 Å². The molecular weight excluding hydrogens is 178 g/mol. The molecule has 0 heterocycles. The molecule has 2 atom stereocenters. The van der Waals surface area contributed by atoms with Crippen LogP contribution in [0.1, 0.15) is 39.5 Å². The molecule has 2 aliphatic carbocycles. The highest BCUT2D eigenvalue weighted by Gasteiger charge is 2.59. The number of carbonyl (C=O) groups is 2. The van der Waals surface area contributed by atoms with Crippen LogP contribution >= 0.6 is 0 Å². The van der Waals surface area contributed by atoms with Crippen LogP contribution in [0.5, 0.6) is 0 Å². The topological polar surface area (TPSA) is 46.2 Å². The van der Waals surface area contributed by atoms with E-state index < -0.39 is 5.54 Å². The highest BCUT2D eigenvalue weighted by Crippen LogP contribution is 2.52. The van der Waals surface area contributed by atoms with Crippen molar-refractivity contribution >= 4 is 11.7 Å². The van der Waals surface area contributed by atoms with E-state index in [-0.39, 0.29) is 11.7 Å². The molecule has 1 N–H and O–H groups in total. The van der Waals surface area contributed by atoms with Crippen molar-refractivity contribution < 1.29 is 9.59 Å². The highest BCUT2D eigenvalue weighted by molar-refractivity contribution is 5.94. The standard InChI is InChI=1S/C11H17NO2/c1-7(13)11(12-8(2)14)6-10(11)5-9-3-4-9/h9-10H,3-6H2,1-2H3,(H,12,14). The Labute approximate surface area is 84.2 Å². The molecule has 2 fully saturated rings. The normalized spacial score (nSPS) is 35.1. The first-order valence-corrected chi connectivity index (χ1v) is 5.34. The zero-order chi connectivity index (χ0) is 10.3. The summed E-state index contributed by atoms with van der Waals surface area (Å²) in [6.45, 7) is 3.07. The monoisotopic (exact) mass is 195 g/mol. The van der Waals surface area contributed by atoms with E-state index in [0.29, 0.717) is 5.92 Å². The summed E-state index contributed by atoms with van der Waals surface area (Å²) in [5.74, 6) is 1.28. The fraction of sp³-hybridized carbons (Fsp3) is 0.818. The molecule has 0 aromatic rings. The molecule has 78 valence electrons. The largest absolute Gasteiger partial charge is 0.344 e. The van der Waals surface area contributed by atoms with Gasteiger partial charge in [-0.2, -0.15) is 0 Å². The zero-order valence-electron chi connectivity index (χ0n) is 8.80. The van der Waals surface area contributed by atoms with Crippen LogP contribution in [-0.4, -0.2) is 17.2 Å². The Morgan fingerprint density at radius 2 is 2.00 bits per heavy atom. The summed E-state index contributed by atoms with van der Waals surface area (Å²) in [4.78, 5) is 22.4. The van der Waals surface area contributed by atoms with Crippen molar-refractivity contribution in [1.82, 2.24) is 5.32 Å². The number of rotatable bonds is 4. The number of hydrogen-bond donors (Lipinski definition) is 1. The summed E-state index contributed by atoms with van der Waals surface area (Å²) in [5.41, 5.74) is -0.478. The number of ketones is 1. The third kappa shape index (κ3) is 1.68. The Morgan fingerprint density at radius 1 is 1.36 bits per heavy atom. The van der Waals surface area contributed by atoms with E-state index in [4.69, 9.17) is 0 Å². The minimum absolute atomic E-state index is 0.0847. The lowest BCUT2D eigenvalue weighted by Gasteiger charge is -2.14. The van der Waals surface area contributed by atoms with Gasteiger partial charge in [-0.25, -0.2) is 0 Å². The molecule has 2 aliphatic rings. The average molecular weight is 195 g/mol. The van der Waals surface area contributed by atoms with Gasteiger partial charge in [0.2, 0.25) is 5.91 Å². The van der Waals surface area contributed by atoms with Crippen LogP contribution in [0.15, 0.2) is 0 Å². The quantitative estimate of drug-likeness (QED) is 0.734. The van der Waals surface area contributed by atoms with Gasteiger partial charge in [0.25, 0.3) is 0 Å². The Kier molecular flexibility index (Phi) is 2.13. The van der Waals surface area contributed by atoms with Crippen LogP contribution in [0.4, 0.5) is 0 Å². The van der Waals surface area contributed by atoms with Gasteiger partial charge in [0.05, 0.1) is 0 Å². The fourth-order valence-corrected chi connectivity index (χ4v) is 2.36. The molecule has 0 spiro atoms. The number of carbonyl (C=O) groups excluding carboxylic acids is 2. The zero-order valence-corrected chi connectivity index (χ0v) is 8.80. The first-order chi connectivity index (χ1) is 6.54. The van der Waals surface area contributed by atoms with Crippen LogP contribution in [0, 0.1) is 11.8 Å². The number of nitrogens with one attached hydrogen (secondary N) is 1.